The van der Waals surface area contributed by atoms with Gasteiger partial charge in [-0.3, -0.25) is 9.59 Å². The molecule has 150 valence electrons. The number of hydrogen-bond donors (Lipinski definition) is 1. The molecule has 0 radical (unpaired) electrons. The van der Waals surface area contributed by atoms with Crippen LogP contribution in [0.25, 0.3) is 16.8 Å². The van der Waals surface area contributed by atoms with E-state index in [2.05, 4.69) is 10.4 Å². The Morgan fingerprint density at radius 3 is 2.40 bits per heavy atom. The maximum absolute atomic E-state index is 13.1. The Balaban J connectivity index is 1.99. The Bertz CT molecular complexity index is 1270. The number of rotatable bonds is 4. The molecule has 0 spiro atoms. The van der Waals surface area contributed by atoms with E-state index in [0.717, 1.165) is 16.8 Å². The molecule has 1 N–H and O–H groups in total. The van der Waals surface area contributed by atoms with Crippen molar-refractivity contribution in [1.82, 2.24) is 9.78 Å². The van der Waals surface area contributed by atoms with Crippen LogP contribution in [-0.2, 0) is 0 Å². The summed E-state index contributed by atoms with van der Waals surface area (Å²) in [5.74, 6) is -0.0186. The first-order chi connectivity index (χ1) is 14.5. The van der Waals surface area contributed by atoms with Crippen LogP contribution in [0.1, 0.15) is 27.4 Å². The Morgan fingerprint density at radius 1 is 0.967 bits per heavy atom. The van der Waals surface area contributed by atoms with Crippen LogP contribution < -0.4 is 10.7 Å². The van der Waals surface area contributed by atoms with Gasteiger partial charge in [0.15, 0.2) is 5.76 Å². The van der Waals surface area contributed by atoms with Gasteiger partial charge in [-0.1, -0.05) is 36.4 Å². The van der Waals surface area contributed by atoms with Gasteiger partial charge in [-0.15, -0.1) is 0 Å². The molecule has 0 aliphatic rings. The minimum atomic E-state index is -0.459. The third kappa shape index (κ3) is 3.55. The van der Waals surface area contributed by atoms with Crippen molar-refractivity contribution in [3.8, 4) is 16.8 Å². The van der Waals surface area contributed by atoms with Gasteiger partial charge in [-0.25, -0.2) is 4.68 Å². The van der Waals surface area contributed by atoms with Crippen molar-refractivity contribution in [3.05, 3.63) is 99.7 Å². The van der Waals surface area contributed by atoms with Crippen LogP contribution in [-0.4, -0.2) is 15.7 Å². The van der Waals surface area contributed by atoms with Crippen LogP contribution in [0.15, 0.2) is 76.1 Å². The molecule has 0 saturated heterocycles. The fraction of sp³-hybridized carbons (Fsp3) is 0.125. The van der Waals surface area contributed by atoms with E-state index in [1.54, 1.807) is 23.7 Å². The molecule has 0 fully saturated rings. The van der Waals surface area contributed by atoms with Gasteiger partial charge in [-0.05, 0) is 61.7 Å². The quantitative estimate of drug-likeness (QED) is 0.541. The van der Waals surface area contributed by atoms with Crippen molar-refractivity contribution in [2.45, 2.75) is 20.8 Å². The van der Waals surface area contributed by atoms with Crippen LogP contribution in [0, 0.1) is 20.8 Å². The lowest BCUT2D eigenvalue weighted by atomic mass is 10.0. The summed E-state index contributed by atoms with van der Waals surface area (Å²) in [6.07, 6.45) is 1.43. The lowest BCUT2D eigenvalue weighted by molar-refractivity contribution is 0.0996. The molecular weight excluding hydrogens is 378 g/mol. The topological polar surface area (TPSA) is 77.1 Å². The predicted molar refractivity (Wildman–Crippen MR) is 116 cm³/mol. The number of hydrogen-bond acceptors (Lipinski definition) is 4. The summed E-state index contributed by atoms with van der Waals surface area (Å²) in [5, 5.41) is 7.34. The van der Waals surface area contributed by atoms with Gasteiger partial charge in [0.05, 0.1) is 17.5 Å². The summed E-state index contributed by atoms with van der Waals surface area (Å²) >= 11 is 0. The van der Waals surface area contributed by atoms with E-state index < -0.39 is 5.91 Å². The molecule has 30 heavy (non-hydrogen) atoms. The fourth-order valence-corrected chi connectivity index (χ4v) is 3.25. The fourth-order valence-electron chi connectivity index (χ4n) is 3.25. The smallest absolute Gasteiger partial charge is 0.292 e. The normalized spacial score (nSPS) is 10.8. The Hall–Kier alpha value is -3.93. The molecule has 0 bridgehead atoms. The maximum atomic E-state index is 13.1. The molecule has 2 heterocycles. The number of benzene rings is 2. The molecule has 2 aromatic heterocycles. The van der Waals surface area contributed by atoms with Crippen LogP contribution in [0.5, 0.6) is 0 Å². The first-order valence-electron chi connectivity index (χ1n) is 9.57. The van der Waals surface area contributed by atoms with E-state index in [1.807, 2.05) is 62.4 Å². The zero-order valence-electron chi connectivity index (χ0n) is 17.0. The lowest BCUT2D eigenvalue weighted by Gasteiger charge is -2.18. The van der Waals surface area contributed by atoms with Crippen LogP contribution >= 0.6 is 0 Å². The standard InChI is InChI=1S/C24H21N3O3/c1-15-11-12-19(14-16(15)2)27-23(25-24(29)20-10-7-13-30-20)21(22(28)17(3)26-27)18-8-5-4-6-9-18/h4-14H,1-3H3,(H,25,29). The molecule has 0 saturated carbocycles. The lowest BCUT2D eigenvalue weighted by Crippen LogP contribution is -2.24. The number of carbonyl (C=O) groups is 1. The zero-order chi connectivity index (χ0) is 21.3. The molecule has 1 amide bonds. The molecule has 0 aliphatic carbocycles. The average Bonchev–Trinajstić information content (AvgIpc) is 3.28. The summed E-state index contributed by atoms with van der Waals surface area (Å²) < 4.78 is 6.83. The highest BCUT2D eigenvalue weighted by atomic mass is 16.3. The largest absolute Gasteiger partial charge is 0.459 e. The van der Waals surface area contributed by atoms with Gasteiger partial charge < -0.3 is 9.73 Å². The number of aryl methyl sites for hydroxylation is 3. The van der Waals surface area contributed by atoms with Crippen molar-refractivity contribution in [2.75, 3.05) is 5.32 Å². The summed E-state index contributed by atoms with van der Waals surface area (Å²) in [6, 6.07) is 18.3. The second-order valence-electron chi connectivity index (χ2n) is 7.12. The van der Waals surface area contributed by atoms with Gasteiger partial charge in [0.2, 0.25) is 5.43 Å². The molecule has 4 aromatic rings. The van der Waals surface area contributed by atoms with E-state index in [0.29, 0.717) is 22.6 Å². The number of nitrogens with one attached hydrogen (secondary N) is 1. The van der Waals surface area contributed by atoms with E-state index in [-0.39, 0.29) is 11.2 Å². The van der Waals surface area contributed by atoms with E-state index in [4.69, 9.17) is 4.42 Å². The van der Waals surface area contributed by atoms with Crippen molar-refractivity contribution in [2.24, 2.45) is 0 Å². The number of aromatic nitrogens is 2. The molecule has 0 aliphatic heterocycles. The monoisotopic (exact) mass is 399 g/mol. The van der Waals surface area contributed by atoms with Crippen LogP contribution in [0.3, 0.4) is 0 Å². The minimum absolute atomic E-state index is 0.147. The van der Waals surface area contributed by atoms with Crippen molar-refractivity contribution in [1.29, 1.82) is 0 Å². The van der Waals surface area contributed by atoms with Gasteiger partial charge in [0.25, 0.3) is 5.91 Å². The number of amides is 1. The maximum Gasteiger partial charge on any atom is 0.292 e. The third-order valence-electron chi connectivity index (χ3n) is 5.03. The first-order valence-corrected chi connectivity index (χ1v) is 9.57. The second kappa shape index (κ2) is 7.83. The number of furan rings is 1. The highest BCUT2D eigenvalue weighted by Crippen LogP contribution is 2.28. The predicted octanol–water partition coefficient (Wildman–Crippen LogP) is 4.67. The zero-order valence-corrected chi connectivity index (χ0v) is 17.0. The second-order valence-corrected chi connectivity index (χ2v) is 7.12. The minimum Gasteiger partial charge on any atom is -0.459 e. The van der Waals surface area contributed by atoms with Crippen LogP contribution in [0.2, 0.25) is 0 Å². The molecule has 0 unspecified atom stereocenters. The number of anilines is 1. The first kappa shape index (κ1) is 19.4. The van der Waals surface area contributed by atoms with Crippen molar-refractivity contribution in [3.63, 3.8) is 0 Å². The molecule has 6 nitrogen and oxygen atoms in total. The Kier molecular flexibility index (Phi) is 5.06. The van der Waals surface area contributed by atoms with Gasteiger partial charge >= 0.3 is 0 Å². The van der Waals surface area contributed by atoms with E-state index in [1.165, 1.54) is 6.26 Å². The molecule has 2 aromatic carbocycles. The highest BCUT2D eigenvalue weighted by molar-refractivity contribution is 6.04. The molecule has 0 atom stereocenters. The van der Waals surface area contributed by atoms with Gasteiger partial charge in [-0.2, -0.15) is 5.10 Å². The summed E-state index contributed by atoms with van der Waals surface area (Å²) in [4.78, 5) is 25.9. The molecule has 6 heteroatoms. The Labute approximate surface area is 173 Å². The van der Waals surface area contributed by atoms with E-state index >= 15 is 0 Å². The molecule has 4 rings (SSSR count). The molecular formula is C24H21N3O3. The summed E-state index contributed by atoms with van der Waals surface area (Å²) in [6.45, 7) is 5.70. The average molecular weight is 399 g/mol. The number of carbonyl (C=O) groups excluding carboxylic acids is 1. The van der Waals surface area contributed by atoms with Gasteiger partial charge in [0, 0.05) is 0 Å². The highest BCUT2D eigenvalue weighted by Gasteiger charge is 2.21. The SMILES string of the molecule is Cc1ccc(-n2nc(C)c(=O)c(-c3ccccc3)c2NC(=O)c2ccco2)cc1C. The number of nitrogens with zero attached hydrogens (tertiary/aromatic N) is 2. The third-order valence-corrected chi connectivity index (χ3v) is 5.03. The van der Waals surface area contributed by atoms with Crippen molar-refractivity contribution >= 4 is 11.7 Å². The summed E-state index contributed by atoms with van der Waals surface area (Å²) in [5.41, 5.74) is 4.13. The van der Waals surface area contributed by atoms with Crippen LogP contribution in [0.4, 0.5) is 5.82 Å². The van der Waals surface area contributed by atoms with Crippen molar-refractivity contribution < 1.29 is 9.21 Å². The van der Waals surface area contributed by atoms with Gasteiger partial charge in [0.1, 0.15) is 11.5 Å². The van der Waals surface area contributed by atoms with E-state index in [9.17, 15) is 9.59 Å². The summed E-state index contributed by atoms with van der Waals surface area (Å²) in [7, 11) is 0. The Morgan fingerprint density at radius 2 is 1.73 bits per heavy atom.